The number of likely N-dealkylation sites (N-methyl/N-ethyl adjacent to an activating group) is 1. The fourth-order valence-electron chi connectivity index (χ4n) is 5.59. The van der Waals surface area contributed by atoms with Crippen molar-refractivity contribution in [3.63, 3.8) is 0 Å². The van der Waals surface area contributed by atoms with Crippen molar-refractivity contribution in [1.29, 1.82) is 0 Å². The van der Waals surface area contributed by atoms with Crippen molar-refractivity contribution in [3.8, 4) is 11.5 Å². The summed E-state index contributed by atoms with van der Waals surface area (Å²) in [5.41, 5.74) is 8.16. The largest absolute Gasteiger partial charge is 0.456 e. The van der Waals surface area contributed by atoms with E-state index in [9.17, 15) is 9.59 Å². The smallest absolute Gasteiger partial charge is 0.224 e. The molecule has 2 aromatic rings. The van der Waals surface area contributed by atoms with Crippen LogP contribution in [-0.4, -0.2) is 35.2 Å². The molecule has 1 aliphatic carbocycles. The predicted octanol–water partition coefficient (Wildman–Crippen LogP) is 6.33. The summed E-state index contributed by atoms with van der Waals surface area (Å²) in [5.74, 6) is 1.22. The highest BCUT2D eigenvalue weighted by molar-refractivity contribution is 6.36. The number of nitrogens with one attached hydrogen (secondary N) is 2. The number of amides is 2. The van der Waals surface area contributed by atoms with E-state index in [2.05, 4.69) is 47.6 Å². The van der Waals surface area contributed by atoms with Gasteiger partial charge in [0.05, 0.1) is 5.38 Å². The van der Waals surface area contributed by atoms with Crippen LogP contribution in [0.1, 0.15) is 48.9 Å². The van der Waals surface area contributed by atoms with Gasteiger partial charge in [0, 0.05) is 82.4 Å². The molecule has 3 aliphatic heterocycles. The second-order valence-electron chi connectivity index (χ2n) is 9.66. The van der Waals surface area contributed by atoms with Crippen LogP contribution in [0, 0.1) is 0 Å². The maximum atomic E-state index is 12.1. The Hall–Kier alpha value is -3.22. The summed E-state index contributed by atoms with van der Waals surface area (Å²) < 4.78 is 6.40. The standard InChI is InChI=1S/C29H27Cl2N3O3/c1-3-34(4-2)17-11-20(30)29(21(31)12-17)28-18-9-15-5-7-26(35)32-22(15)13-24(18)37-25-14-23-16(10-19(25)28)6-8-27(36)33-23/h9-14,20H,3-8H2,1-2H3,(H,32,35)(H,33,36). The van der Waals surface area contributed by atoms with Crippen LogP contribution in [0.25, 0.3) is 5.57 Å². The number of ether oxygens (including phenoxy) is 1. The number of nitrogens with zero attached hydrogens (tertiary/aromatic N) is 1. The summed E-state index contributed by atoms with van der Waals surface area (Å²) in [6, 6.07) is 7.94. The topological polar surface area (TPSA) is 70.7 Å². The van der Waals surface area contributed by atoms with Crippen LogP contribution in [0.4, 0.5) is 11.4 Å². The van der Waals surface area contributed by atoms with Crippen molar-refractivity contribution >= 4 is 52.0 Å². The van der Waals surface area contributed by atoms with Crippen molar-refractivity contribution in [1.82, 2.24) is 4.90 Å². The van der Waals surface area contributed by atoms with Crippen LogP contribution >= 0.6 is 23.2 Å². The molecule has 37 heavy (non-hydrogen) atoms. The average molecular weight is 536 g/mol. The van der Waals surface area contributed by atoms with Gasteiger partial charge in [0.15, 0.2) is 0 Å². The maximum Gasteiger partial charge on any atom is 0.224 e. The third kappa shape index (κ3) is 4.12. The molecule has 1 unspecified atom stereocenters. The van der Waals surface area contributed by atoms with E-state index in [1.54, 1.807) is 0 Å². The zero-order chi connectivity index (χ0) is 25.8. The first kappa shape index (κ1) is 24.1. The second-order valence-corrected chi connectivity index (χ2v) is 10.5. The van der Waals surface area contributed by atoms with E-state index in [0.717, 1.165) is 63.6 Å². The van der Waals surface area contributed by atoms with Crippen molar-refractivity contribution in [2.45, 2.75) is 44.9 Å². The van der Waals surface area contributed by atoms with E-state index in [1.807, 2.05) is 18.2 Å². The molecule has 6 rings (SSSR count). The van der Waals surface area contributed by atoms with Crippen LogP contribution in [-0.2, 0) is 22.4 Å². The summed E-state index contributed by atoms with van der Waals surface area (Å²) in [4.78, 5) is 26.3. The van der Waals surface area contributed by atoms with E-state index in [4.69, 9.17) is 27.9 Å². The Morgan fingerprint density at radius 3 is 1.92 bits per heavy atom. The Kier molecular flexibility index (Phi) is 6.04. The zero-order valence-electron chi connectivity index (χ0n) is 20.7. The van der Waals surface area contributed by atoms with E-state index >= 15 is 0 Å². The van der Waals surface area contributed by atoms with E-state index in [0.29, 0.717) is 42.2 Å². The number of halogens is 2. The van der Waals surface area contributed by atoms with Gasteiger partial charge in [0.2, 0.25) is 11.8 Å². The Labute approximate surface area is 226 Å². The fraction of sp³-hybridized carbons (Fsp3) is 0.310. The number of benzene rings is 2. The van der Waals surface area contributed by atoms with Crippen molar-refractivity contribution in [2.24, 2.45) is 0 Å². The molecule has 2 N–H and O–H groups in total. The maximum absolute atomic E-state index is 12.1. The Bertz CT molecular complexity index is 1380. The summed E-state index contributed by atoms with van der Waals surface area (Å²) in [5, 5.41) is 6.07. The van der Waals surface area contributed by atoms with Gasteiger partial charge in [0.25, 0.3) is 0 Å². The number of hydrogen-bond acceptors (Lipinski definition) is 4. The molecule has 4 aliphatic rings. The number of anilines is 2. The molecule has 8 heteroatoms. The average Bonchev–Trinajstić information content (AvgIpc) is 2.86. The van der Waals surface area contributed by atoms with Crippen LogP contribution in [0.5, 0.6) is 11.5 Å². The van der Waals surface area contributed by atoms with Gasteiger partial charge in [-0.2, -0.15) is 0 Å². The van der Waals surface area contributed by atoms with Gasteiger partial charge in [-0.25, -0.2) is 0 Å². The van der Waals surface area contributed by atoms with Gasteiger partial charge >= 0.3 is 0 Å². The summed E-state index contributed by atoms with van der Waals surface area (Å²) in [6.07, 6.45) is 6.23. The van der Waals surface area contributed by atoms with Gasteiger partial charge in [-0.15, -0.1) is 11.6 Å². The molecule has 2 amide bonds. The van der Waals surface area contributed by atoms with E-state index < -0.39 is 5.38 Å². The lowest BCUT2D eigenvalue weighted by Gasteiger charge is -2.32. The molecule has 0 saturated carbocycles. The van der Waals surface area contributed by atoms with Gasteiger partial charge in [-0.3, -0.25) is 9.59 Å². The molecule has 0 bridgehead atoms. The first-order valence-electron chi connectivity index (χ1n) is 12.7. The molecule has 0 spiro atoms. The number of rotatable bonds is 3. The van der Waals surface area contributed by atoms with Crippen LogP contribution in [0.3, 0.4) is 0 Å². The monoisotopic (exact) mass is 535 g/mol. The van der Waals surface area contributed by atoms with Gasteiger partial charge < -0.3 is 20.3 Å². The van der Waals surface area contributed by atoms with Crippen molar-refractivity contribution < 1.29 is 14.3 Å². The van der Waals surface area contributed by atoms with Crippen molar-refractivity contribution in [2.75, 3.05) is 23.7 Å². The minimum absolute atomic E-state index is 0.00725. The molecule has 3 heterocycles. The van der Waals surface area contributed by atoms with Crippen LogP contribution in [0.15, 0.2) is 52.7 Å². The number of hydrogen-bond donors (Lipinski definition) is 2. The minimum atomic E-state index is -0.451. The number of carbonyl (C=O) groups excluding carboxylic acids is 2. The quantitative estimate of drug-likeness (QED) is 0.384. The molecule has 0 aromatic heterocycles. The number of allylic oxidation sites excluding steroid dienone is 4. The fourth-order valence-corrected chi connectivity index (χ4v) is 6.33. The van der Waals surface area contributed by atoms with Gasteiger partial charge in [-0.1, -0.05) is 11.6 Å². The van der Waals surface area contributed by atoms with E-state index in [-0.39, 0.29) is 11.8 Å². The lowest BCUT2D eigenvalue weighted by atomic mass is 9.83. The zero-order valence-corrected chi connectivity index (χ0v) is 22.2. The Balaban J connectivity index is 1.58. The SMILES string of the molecule is CCN(CC)C1=CC(Cl)C(=C2c3cc4c(cc3Oc3cc5c(cc32)CCC(=O)N5)NC(=O)CC4)C(Cl)=C1. The highest BCUT2D eigenvalue weighted by Gasteiger charge is 2.33. The molecular formula is C29H27Cl2N3O3. The third-order valence-electron chi connectivity index (χ3n) is 7.48. The Morgan fingerprint density at radius 2 is 1.43 bits per heavy atom. The summed E-state index contributed by atoms with van der Waals surface area (Å²) in [7, 11) is 0. The molecule has 0 saturated heterocycles. The highest BCUT2D eigenvalue weighted by Crippen LogP contribution is 2.52. The summed E-state index contributed by atoms with van der Waals surface area (Å²) >= 11 is 14.1. The Morgan fingerprint density at radius 1 is 0.892 bits per heavy atom. The molecular weight excluding hydrogens is 509 g/mol. The number of aryl methyl sites for hydroxylation is 2. The van der Waals surface area contributed by atoms with E-state index in [1.165, 1.54) is 0 Å². The second kappa shape index (κ2) is 9.26. The van der Waals surface area contributed by atoms with Gasteiger partial charge in [0.1, 0.15) is 11.5 Å². The van der Waals surface area contributed by atoms with Crippen molar-refractivity contribution in [3.05, 3.63) is 75.0 Å². The normalized spacial score (nSPS) is 19.8. The minimum Gasteiger partial charge on any atom is -0.456 e. The molecule has 0 radical (unpaired) electrons. The summed E-state index contributed by atoms with van der Waals surface area (Å²) in [6.45, 7) is 5.93. The first-order valence-corrected chi connectivity index (χ1v) is 13.5. The third-order valence-corrected chi connectivity index (χ3v) is 8.14. The number of fused-ring (bicyclic) bond motifs is 4. The van der Waals surface area contributed by atoms with Crippen LogP contribution < -0.4 is 15.4 Å². The molecule has 6 nitrogen and oxygen atoms in total. The predicted molar refractivity (Wildman–Crippen MR) is 147 cm³/mol. The highest BCUT2D eigenvalue weighted by atomic mass is 35.5. The lowest BCUT2D eigenvalue weighted by molar-refractivity contribution is -0.117. The molecule has 2 aromatic carbocycles. The van der Waals surface area contributed by atoms with Crippen LogP contribution in [0.2, 0.25) is 0 Å². The lowest BCUT2D eigenvalue weighted by Crippen LogP contribution is -2.25. The molecule has 1 atom stereocenters. The number of alkyl halides is 1. The molecule has 0 fully saturated rings. The molecule has 190 valence electrons. The van der Waals surface area contributed by atoms with Gasteiger partial charge in [-0.05, 0) is 62.1 Å². The first-order chi connectivity index (χ1) is 17.9. The number of carbonyl (C=O) groups is 2.